The third-order valence-electron chi connectivity index (χ3n) is 6.12. The van der Waals surface area contributed by atoms with E-state index in [0.29, 0.717) is 36.6 Å². The fraction of sp³-hybridized carbons (Fsp3) is 0.308. The molecule has 2 atom stereocenters. The van der Waals surface area contributed by atoms with Crippen molar-refractivity contribution >= 4 is 22.6 Å². The number of esters is 1. The maximum absolute atomic E-state index is 13.0. The fourth-order valence-corrected chi connectivity index (χ4v) is 4.46. The van der Waals surface area contributed by atoms with E-state index in [1.165, 1.54) is 14.2 Å². The average molecular weight is 449 g/mol. The quantitative estimate of drug-likeness (QED) is 0.559. The zero-order chi connectivity index (χ0) is 23.4. The van der Waals surface area contributed by atoms with E-state index in [-0.39, 0.29) is 17.9 Å². The molecular weight excluding hydrogens is 420 g/mol. The van der Waals surface area contributed by atoms with E-state index in [1.807, 2.05) is 18.2 Å². The summed E-state index contributed by atoms with van der Waals surface area (Å²) in [6.07, 6.45) is 0.474. The van der Waals surface area contributed by atoms with Crippen molar-refractivity contribution in [2.24, 2.45) is 0 Å². The van der Waals surface area contributed by atoms with E-state index in [0.717, 1.165) is 16.3 Å². The van der Waals surface area contributed by atoms with Crippen LogP contribution in [0.2, 0.25) is 0 Å². The molecule has 0 bridgehead atoms. The van der Waals surface area contributed by atoms with Gasteiger partial charge in [0.25, 0.3) is 5.91 Å². The number of rotatable bonds is 7. The van der Waals surface area contributed by atoms with Crippen LogP contribution < -0.4 is 14.8 Å². The Kier molecular flexibility index (Phi) is 6.79. The second-order valence-corrected chi connectivity index (χ2v) is 8.08. The van der Waals surface area contributed by atoms with Crippen molar-refractivity contribution < 1.29 is 23.8 Å². The van der Waals surface area contributed by atoms with Gasteiger partial charge < -0.3 is 19.5 Å². The molecule has 7 nitrogen and oxygen atoms in total. The summed E-state index contributed by atoms with van der Waals surface area (Å²) in [5, 5.41) is 5.36. The topological polar surface area (TPSA) is 77.1 Å². The number of likely N-dealkylation sites (tertiary alicyclic amines) is 1. The highest BCUT2D eigenvalue weighted by Crippen LogP contribution is 2.28. The second-order valence-electron chi connectivity index (χ2n) is 8.08. The molecule has 1 fully saturated rings. The number of benzene rings is 3. The molecule has 3 aromatic carbocycles. The zero-order valence-electron chi connectivity index (χ0n) is 19.0. The molecule has 1 amide bonds. The van der Waals surface area contributed by atoms with E-state index in [4.69, 9.17) is 14.2 Å². The van der Waals surface area contributed by atoms with Crippen LogP contribution in [0, 0.1) is 0 Å². The summed E-state index contributed by atoms with van der Waals surface area (Å²) in [5.74, 6) is 0.488. The lowest BCUT2D eigenvalue weighted by Gasteiger charge is -2.23. The zero-order valence-corrected chi connectivity index (χ0v) is 19.0. The van der Waals surface area contributed by atoms with Crippen LogP contribution in [-0.2, 0) is 16.1 Å². The Morgan fingerprint density at radius 3 is 2.55 bits per heavy atom. The molecule has 0 saturated carbocycles. The van der Waals surface area contributed by atoms with Gasteiger partial charge in [-0.25, -0.2) is 0 Å². The summed E-state index contributed by atoms with van der Waals surface area (Å²) in [6, 6.07) is 18.8. The normalized spacial score (nSPS) is 18.2. The summed E-state index contributed by atoms with van der Waals surface area (Å²) in [5.41, 5.74) is 1.55. The molecule has 0 unspecified atom stereocenters. The summed E-state index contributed by atoms with van der Waals surface area (Å²) < 4.78 is 15.6. The summed E-state index contributed by atoms with van der Waals surface area (Å²) in [7, 11) is 4.47. The largest absolute Gasteiger partial charge is 0.497 e. The number of ether oxygens (including phenoxy) is 3. The molecule has 33 heavy (non-hydrogen) atoms. The monoisotopic (exact) mass is 448 g/mol. The summed E-state index contributed by atoms with van der Waals surface area (Å²) >= 11 is 0. The molecule has 1 aliphatic heterocycles. The number of carbonyl (C=O) groups excluding carboxylic acids is 2. The van der Waals surface area contributed by atoms with E-state index in [2.05, 4.69) is 34.5 Å². The Labute approximate surface area is 193 Å². The molecule has 7 heteroatoms. The third-order valence-corrected chi connectivity index (χ3v) is 6.12. The van der Waals surface area contributed by atoms with Gasteiger partial charge in [0.15, 0.2) is 0 Å². The first-order chi connectivity index (χ1) is 16.0. The number of fused-ring (bicyclic) bond motifs is 1. The molecule has 0 radical (unpaired) electrons. The Bertz CT molecular complexity index is 1160. The maximum atomic E-state index is 13.0. The first kappa shape index (κ1) is 22.6. The van der Waals surface area contributed by atoms with Crippen LogP contribution in [0.5, 0.6) is 11.5 Å². The average Bonchev–Trinajstić information content (AvgIpc) is 3.25. The third kappa shape index (κ3) is 4.78. The minimum absolute atomic E-state index is 0.205. The van der Waals surface area contributed by atoms with Crippen molar-refractivity contribution in [3.05, 3.63) is 71.8 Å². The molecule has 1 heterocycles. The molecule has 0 aliphatic carbocycles. The van der Waals surface area contributed by atoms with Gasteiger partial charge in [-0.2, -0.15) is 0 Å². The van der Waals surface area contributed by atoms with Gasteiger partial charge >= 0.3 is 5.97 Å². The molecule has 3 aromatic rings. The first-order valence-corrected chi connectivity index (χ1v) is 10.9. The van der Waals surface area contributed by atoms with Crippen LogP contribution in [0.3, 0.4) is 0 Å². The number of amides is 1. The Balaban J connectivity index is 1.53. The van der Waals surface area contributed by atoms with Gasteiger partial charge in [0.2, 0.25) is 0 Å². The Hall–Kier alpha value is -3.58. The van der Waals surface area contributed by atoms with Gasteiger partial charge in [-0.05, 0) is 34.9 Å². The van der Waals surface area contributed by atoms with E-state index >= 15 is 0 Å². The number of nitrogens with one attached hydrogen (secondary N) is 1. The van der Waals surface area contributed by atoms with Crippen LogP contribution in [0.1, 0.15) is 22.3 Å². The smallest absolute Gasteiger partial charge is 0.323 e. The van der Waals surface area contributed by atoms with Crippen molar-refractivity contribution in [3.63, 3.8) is 0 Å². The van der Waals surface area contributed by atoms with Crippen LogP contribution in [0.25, 0.3) is 10.8 Å². The van der Waals surface area contributed by atoms with Crippen molar-refractivity contribution in [3.8, 4) is 11.5 Å². The number of hydrogen-bond donors (Lipinski definition) is 1. The van der Waals surface area contributed by atoms with Gasteiger partial charge in [0.1, 0.15) is 17.5 Å². The molecule has 172 valence electrons. The number of hydrogen-bond acceptors (Lipinski definition) is 6. The van der Waals surface area contributed by atoms with E-state index in [9.17, 15) is 9.59 Å². The van der Waals surface area contributed by atoms with Crippen molar-refractivity contribution in [2.75, 3.05) is 27.9 Å². The summed E-state index contributed by atoms with van der Waals surface area (Å²) in [6.45, 7) is 1.12. The van der Waals surface area contributed by atoms with Crippen LogP contribution in [-0.4, -0.2) is 56.7 Å². The highest BCUT2D eigenvalue weighted by atomic mass is 16.5. The lowest BCUT2D eigenvalue weighted by molar-refractivity contribution is -0.146. The Morgan fingerprint density at radius 1 is 1.00 bits per heavy atom. The summed E-state index contributed by atoms with van der Waals surface area (Å²) in [4.78, 5) is 27.6. The van der Waals surface area contributed by atoms with Crippen LogP contribution in [0.15, 0.2) is 60.7 Å². The maximum Gasteiger partial charge on any atom is 0.323 e. The highest BCUT2D eigenvalue weighted by molar-refractivity contribution is 5.97. The van der Waals surface area contributed by atoms with Crippen molar-refractivity contribution in [1.82, 2.24) is 10.2 Å². The predicted molar refractivity (Wildman–Crippen MR) is 126 cm³/mol. The van der Waals surface area contributed by atoms with E-state index < -0.39 is 6.04 Å². The minimum atomic E-state index is -0.433. The minimum Gasteiger partial charge on any atom is -0.497 e. The molecule has 1 aliphatic rings. The number of methoxy groups -OCH3 is 3. The van der Waals surface area contributed by atoms with Gasteiger partial charge in [-0.3, -0.25) is 14.5 Å². The van der Waals surface area contributed by atoms with Crippen LogP contribution >= 0.6 is 0 Å². The van der Waals surface area contributed by atoms with Crippen molar-refractivity contribution in [2.45, 2.75) is 25.0 Å². The standard InChI is InChI=1S/C26H28N2O5/c1-31-20-11-12-22(24(14-20)32-2)25(29)27-19-13-23(26(30)33-3)28(16-19)15-18-9-6-8-17-7-4-5-10-21(17)18/h4-12,14,19,23H,13,15-16H2,1-3H3,(H,27,29)/t19-,23+/m1/s1. The molecule has 0 aromatic heterocycles. The van der Waals surface area contributed by atoms with Crippen LogP contribution in [0.4, 0.5) is 0 Å². The molecular formula is C26H28N2O5. The fourth-order valence-electron chi connectivity index (χ4n) is 4.46. The van der Waals surface area contributed by atoms with Gasteiger partial charge in [0, 0.05) is 25.2 Å². The molecule has 0 spiro atoms. The van der Waals surface area contributed by atoms with Gasteiger partial charge in [-0.15, -0.1) is 0 Å². The first-order valence-electron chi connectivity index (χ1n) is 10.9. The highest BCUT2D eigenvalue weighted by Gasteiger charge is 2.38. The Morgan fingerprint density at radius 2 is 1.79 bits per heavy atom. The molecule has 1 saturated heterocycles. The van der Waals surface area contributed by atoms with Gasteiger partial charge in [0.05, 0.1) is 26.9 Å². The predicted octanol–water partition coefficient (Wildman–Crippen LogP) is 3.40. The second kappa shape index (κ2) is 9.92. The molecule has 4 rings (SSSR count). The van der Waals surface area contributed by atoms with E-state index in [1.54, 1.807) is 25.3 Å². The van der Waals surface area contributed by atoms with Gasteiger partial charge in [-0.1, -0.05) is 42.5 Å². The number of carbonyl (C=O) groups is 2. The lowest BCUT2D eigenvalue weighted by Crippen LogP contribution is -2.37. The lowest BCUT2D eigenvalue weighted by atomic mass is 10.0. The molecule has 1 N–H and O–H groups in total. The number of nitrogens with zero attached hydrogens (tertiary/aromatic N) is 1. The SMILES string of the molecule is COC(=O)[C@@H]1C[C@@H](NC(=O)c2ccc(OC)cc2OC)CN1Cc1cccc2ccccc12. The van der Waals surface area contributed by atoms with Crippen molar-refractivity contribution in [1.29, 1.82) is 0 Å².